The fourth-order valence-electron chi connectivity index (χ4n) is 2.06. The third kappa shape index (κ3) is 2.33. The Morgan fingerprint density at radius 3 is 2.84 bits per heavy atom. The van der Waals surface area contributed by atoms with E-state index in [2.05, 4.69) is 19.7 Å². The molecule has 0 amide bonds. The first kappa shape index (κ1) is 12.2. The van der Waals surface area contributed by atoms with Gasteiger partial charge >= 0.3 is 0 Å². The standard InChI is InChI=1S/C13H13ClN4O/c1-9-15-10-4-2-3-5-11(10)18(9)8-13-17-16-12(19-13)6-7-14/h2-5H,6-8H2,1H3. The number of rotatable bonds is 4. The number of para-hydroxylation sites is 2. The van der Waals surface area contributed by atoms with Gasteiger partial charge in [-0.1, -0.05) is 12.1 Å². The lowest BCUT2D eigenvalue weighted by Gasteiger charge is -2.02. The first-order valence-corrected chi connectivity index (χ1v) is 6.60. The molecule has 0 unspecified atom stereocenters. The van der Waals surface area contributed by atoms with Crippen LogP contribution in [0.2, 0.25) is 0 Å². The lowest BCUT2D eigenvalue weighted by Crippen LogP contribution is -2.02. The van der Waals surface area contributed by atoms with Gasteiger partial charge in [0.25, 0.3) is 0 Å². The molecule has 5 nitrogen and oxygen atoms in total. The van der Waals surface area contributed by atoms with Crippen molar-refractivity contribution in [2.24, 2.45) is 0 Å². The minimum Gasteiger partial charge on any atom is -0.423 e. The van der Waals surface area contributed by atoms with Crippen LogP contribution < -0.4 is 0 Å². The summed E-state index contributed by atoms with van der Waals surface area (Å²) < 4.78 is 7.61. The van der Waals surface area contributed by atoms with Crippen LogP contribution in [0.3, 0.4) is 0 Å². The third-order valence-electron chi connectivity index (χ3n) is 2.96. The molecule has 1 aromatic carbocycles. The number of alkyl halides is 1. The summed E-state index contributed by atoms with van der Waals surface area (Å²) in [4.78, 5) is 4.50. The molecule has 2 heterocycles. The summed E-state index contributed by atoms with van der Waals surface area (Å²) in [5.41, 5.74) is 2.04. The zero-order chi connectivity index (χ0) is 13.2. The number of benzene rings is 1. The number of aryl methyl sites for hydroxylation is 2. The Kier molecular flexibility index (Phi) is 3.21. The number of aromatic nitrogens is 4. The second-order valence-electron chi connectivity index (χ2n) is 4.26. The summed E-state index contributed by atoms with van der Waals surface area (Å²) >= 11 is 5.65. The Balaban J connectivity index is 1.93. The van der Waals surface area contributed by atoms with E-state index in [-0.39, 0.29) is 0 Å². The van der Waals surface area contributed by atoms with E-state index in [1.165, 1.54) is 0 Å². The second-order valence-corrected chi connectivity index (χ2v) is 4.64. The van der Waals surface area contributed by atoms with Gasteiger partial charge in [-0.2, -0.15) is 0 Å². The lowest BCUT2D eigenvalue weighted by molar-refractivity contribution is 0.443. The van der Waals surface area contributed by atoms with Crippen molar-refractivity contribution in [2.45, 2.75) is 19.9 Å². The van der Waals surface area contributed by atoms with Crippen LogP contribution in [0.25, 0.3) is 11.0 Å². The minimum absolute atomic E-state index is 0.481. The Morgan fingerprint density at radius 1 is 1.21 bits per heavy atom. The van der Waals surface area contributed by atoms with Crippen molar-refractivity contribution < 1.29 is 4.42 Å². The summed E-state index contributed by atoms with van der Waals surface area (Å²) in [5, 5.41) is 8.00. The molecule has 0 atom stereocenters. The summed E-state index contributed by atoms with van der Waals surface area (Å²) in [5.74, 6) is 2.56. The van der Waals surface area contributed by atoms with E-state index < -0.39 is 0 Å². The maximum absolute atomic E-state index is 5.65. The van der Waals surface area contributed by atoms with Crippen LogP contribution in [-0.2, 0) is 13.0 Å². The Labute approximate surface area is 115 Å². The molecule has 0 fully saturated rings. The molecule has 0 N–H and O–H groups in total. The number of hydrogen-bond acceptors (Lipinski definition) is 4. The van der Waals surface area contributed by atoms with Crippen molar-refractivity contribution in [3.63, 3.8) is 0 Å². The van der Waals surface area contributed by atoms with E-state index in [1.54, 1.807) is 0 Å². The highest BCUT2D eigenvalue weighted by Gasteiger charge is 2.11. The van der Waals surface area contributed by atoms with Crippen LogP contribution >= 0.6 is 11.6 Å². The molecule has 0 spiro atoms. The Hall–Kier alpha value is -1.88. The molecule has 0 saturated carbocycles. The molecule has 98 valence electrons. The zero-order valence-corrected chi connectivity index (χ0v) is 11.3. The molecule has 0 aliphatic heterocycles. The predicted molar refractivity (Wildman–Crippen MR) is 72.3 cm³/mol. The van der Waals surface area contributed by atoms with Crippen molar-refractivity contribution >= 4 is 22.6 Å². The molecule has 0 aliphatic rings. The molecule has 3 aromatic rings. The predicted octanol–water partition coefficient (Wildman–Crippen LogP) is 2.56. The van der Waals surface area contributed by atoms with Crippen LogP contribution in [0, 0.1) is 6.92 Å². The monoisotopic (exact) mass is 276 g/mol. The van der Waals surface area contributed by atoms with E-state index >= 15 is 0 Å². The zero-order valence-electron chi connectivity index (χ0n) is 10.5. The third-order valence-corrected chi connectivity index (χ3v) is 3.14. The lowest BCUT2D eigenvalue weighted by atomic mass is 10.3. The highest BCUT2D eigenvalue weighted by atomic mass is 35.5. The van der Waals surface area contributed by atoms with Gasteiger partial charge in [0.1, 0.15) is 12.4 Å². The largest absolute Gasteiger partial charge is 0.423 e. The van der Waals surface area contributed by atoms with Crippen LogP contribution in [-0.4, -0.2) is 25.6 Å². The van der Waals surface area contributed by atoms with E-state index in [1.807, 2.05) is 31.2 Å². The van der Waals surface area contributed by atoms with Crippen molar-refractivity contribution in [3.05, 3.63) is 41.9 Å². The number of imidazole rings is 1. The molecule has 19 heavy (non-hydrogen) atoms. The van der Waals surface area contributed by atoms with Gasteiger partial charge in [-0.15, -0.1) is 21.8 Å². The van der Waals surface area contributed by atoms with Gasteiger partial charge < -0.3 is 8.98 Å². The summed E-state index contributed by atoms with van der Waals surface area (Å²) in [7, 11) is 0. The molecule has 6 heteroatoms. The van der Waals surface area contributed by atoms with Crippen LogP contribution in [0.1, 0.15) is 17.6 Å². The highest BCUT2D eigenvalue weighted by Crippen LogP contribution is 2.17. The van der Waals surface area contributed by atoms with Gasteiger partial charge in [0.2, 0.25) is 11.8 Å². The summed E-state index contributed by atoms with van der Waals surface area (Å²) in [6, 6.07) is 7.99. The smallest absolute Gasteiger partial charge is 0.236 e. The molecule has 0 bridgehead atoms. The Morgan fingerprint density at radius 2 is 2.00 bits per heavy atom. The normalized spacial score (nSPS) is 11.3. The van der Waals surface area contributed by atoms with E-state index in [0.717, 1.165) is 16.9 Å². The number of fused-ring (bicyclic) bond motifs is 1. The quantitative estimate of drug-likeness (QED) is 0.687. The number of halogens is 1. The van der Waals surface area contributed by atoms with Crippen molar-refractivity contribution in [3.8, 4) is 0 Å². The summed E-state index contributed by atoms with van der Waals surface area (Å²) in [6.45, 7) is 2.50. The van der Waals surface area contributed by atoms with Gasteiger partial charge in [0.05, 0.1) is 11.0 Å². The van der Waals surface area contributed by atoms with Gasteiger partial charge in [0, 0.05) is 12.3 Å². The molecule has 0 saturated heterocycles. The highest BCUT2D eigenvalue weighted by molar-refractivity contribution is 6.17. The molecular weight excluding hydrogens is 264 g/mol. The average Bonchev–Trinajstić information content (AvgIpc) is 2.96. The molecule has 3 rings (SSSR count). The SMILES string of the molecule is Cc1nc2ccccc2n1Cc1nnc(CCCl)o1. The molecule has 0 aliphatic carbocycles. The Bertz CT molecular complexity index is 704. The van der Waals surface area contributed by atoms with Crippen LogP contribution in [0.15, 0.2) is 28.7 Å². The molecular formula is C13H13ClN4O. The second kappa shape index (κ2) is 5.01. The van der Waals surface area contributed by atoms with Gasteiger partial charge in [0.15, 0.2) is 0 Å². The first-order valence-electron chi connectivity index (χ1n) is 6.07. The van der Waals surface area contributed by atoms with Crippen molar-refractivity contribution in [1.82, 2.24) is 19.7 Å². The average molecular weight is 277 g/mol. The van der Waals surface area contributed by atoms with Gasteiger partial charge in [-0.25, -0.2) is 4.98 Å². The van der Waals surface area contributed by atoms with E-state index in [0.29, 0.717) is 30.6 Å². The molecule has 2 aromatic heterocycles. The van der Waals surface area contributed by atoms with E-state index in [4.69, 9.17) is 16.0 Å². The number of hydrogen-bond donors (Lipinski definition) is 0. The molecule has 0 radical (unpaired) electrons. The topological polar surface area (TPSA) is 56.7 Å². The van der Waals surface area contributed by atoms with Gasteiger partial charge in [-0.05, 0) is 19.1 Å². The van der Waals surface area contributed by atoms with Crippen molar-refractivity contribution in [2.75, 3.05) is 5.88 Å². The first-order chi connectivity index (χ1) is 9.28. The fraction of sp³-hybridized carbons (Fsp3) is 0.308. The number of nitrogens with zero attached hydrogens (tertiary/aromatic N) is 4. The van der Waals surface area contributed by atoms with E-state index in [9.17, 15) is 0 Å². The van der Waals surface area contributed by atoms with Crippen LogP contribution in [0.5, 0.6) is 0 Å². The maximum Gasteiger partial charge on any atom is 0.236 e. The van der Waals surface area contributed by atoms with Gasteiger partial charge in [-0.3, -0.25) is 0 Å². The summed E-state index contributed by atoms with van der Waals surface area (Å²) in [6.07, 6.45) is 0.595. The minimum atomic E-state index is 0.481. The van der Waals surface area contributed by atoms with Crippen molar-refractivity contribution in [1.29, 1.82) is 0 Å². The maximum atomic E-state index is 5.65. The van der Waals surface area contributed by atoms with Crippen LogP contribution in [0.4, 0.5) is 0 Å². The fourth-order valence-corrected chi connectivity index (χ4v) is 2.23.